The van der Waals surface area contributed by atoms with E-state index in [0.717, 1.165) is 6.92 Å². The molecule has 3 aromatic carbocycles. The number of benzene rings is 3. The van der Waals surface area contributed by atoms with E-state index in [-0.39, 0.29) is 10.6 Å². The molecular formula is C21H17N3O6S3. The molecule has 0 aliphatic heterocycles. The third-order valence-corrected chi connectivity index (χ3v) is 8.04. The SMILES string of the molecule is CC(=O)NS(=O)(=O)c1ccc(NC(=O)c2ccccc2SSc2ccccc2[N+](=O)[O-])cc1. The highest BCUT2D eigenvalue weighted by atomic mass is 33.1. The molecule has 0 aromatic heterocycles. The first kappa shape index (κ1) is 24.3. The molecule has 0 aliphatic rings. The van der Waals surface area contributed by atoms with E-state index in [0.29, 0.717) is 21.0 Å². The van der Waals surface area contributed by atoms with Crippen LogP contribution >= 0.6 is 21.6 Å². The van der Waals surface area contributed by atoms with Gasteiger partial charge < -0.3 is 5.32 Å². The largest absolute Gasteiger partial charge is 0.322 e. The van der Waals surface area contributed by atoms with Crippen molar-refractivity contribution >= 4 is 54.8 Å². The average molecular weight is 504 g/mol. The van der Waals surface area contributed by atoms with Gasteiger partial charge in [0, 0.05) is 23.6 Å². The van der Waals surface area contributed by atoms with Crippen LogP contribution in [-0.2, 0) is 14.8 Å². The number of nitrogens with zero attached hydrogens (tertiary/aromatic N) is 1. The molecule has 0 bridgehead atoms. The van der Waals surface area contributed by atoms with E-state index in [9.17, 15) is 28.1 Å². The van der Waals surface area contributed by atoms with Gasteiger partial charge in [-0.25, -0.2) is 13.1 Å². The molecule has 33 heavy (non-hydrogen) atoms. The maximum atomic E-state index is 12.8. The number of sulfonamides is 1. The Bertz CT molecular complexity index is 1310. The zero-order valence-electron chi connectivity index (χ0n) is 17.0. The summed E-state index contributed by atoms with van der Waals surface area (Å²) < 4.78 is 25.9. The van der Waals surface area contributed by atoms with Crippen LogP contribution in [0.2, 0.25) is 0 Å². The Morgan fingerprint density at radius 3 is 2.09 bits per heavy atom. The molecule has 0 aliphatic carbocycles. The Balaban J connectivity index is 1.74. The number of hydrogen-bond acceptors (Lipinski definition) is 8. The predicted molar refractivity (Wildman–Crippen MR) is 127 cm³/mol. The first-order valence-corrected chi connectivity index (χ1v) is 12.9. The monoisotopic (exact) mass is 503 g/mol. The van der Waals surface area contributed by atoms with Gasteiger partial charge in [0.2, 0.25) is 5.91 Å². The lowest BCUT2D eigenvalue weighted by Gasteiger charge is -2.10. The van der Waals surface area contributed by atoms with Crippen LogP contribution in [0.5, 0.6) is 0 Å². The summed E-state index contributed by atoms with van der Waals surface area (Å²) in [5, 5.41) is 13.9. The van der Waals surface area contributed by atoms with Crippen LogP contribution in [0.4, 0.5) is 11.4 Å². The highest BCUT2D eigenvalue weighted by Crippen LogP contribution is 2.42. The molecule has 12 heteroatoms. The lowest BCUT2D eigenvalue weighted by Crippen LogP contribution is -2.28. The maximum absolute atomic E-state index is 12.8. The van der Waals surface area contributed by atoms with Crippen molar-refractivity contribution in [3.63, 3.8) is 0 Å². The first-order chi connectivity index (χ1) is 15.7. The molecular weight excluding hydrogens is 486 g/mol. The minimum absolute atomic E-state index is 0.0220. The van der Waals surface area contributed by atoms with Crippen LogP contribution in [0.3, 0.4) is 0 Å². The van der Waals surface area contributed by atoms with Crippen LogP contribution in [0.1, 0.15) is 17.3 Å². The summed E-state index contributed by atoms with van der Waals surface area (Å²) in [7, 11) is -1.59. The summed E-state index contributed by atoms with van der Waals surface area (Å²) in [5.74, 6) is -1.14. The zero-order chi connectivity index (χ0) is 24.0. The quantitative estimate of drug-likeness (QED) is 0.261. The summed E-state index contributed by atoms with van der Waals surface area (Å²) in [5.41, 5.74) is 0.683. The number of nitro groups is 1. The van der Waals surface area contributed by atoms with Gasteiger partial charge in [0.1, 0.15) is 0 Å². The minimum atomic E-state index is -3.97. The number of carbonyl (C=O) groups excluding carboxylic acids is 2. The van der Waals surface area contributed by atoms with Crippen molar-refractivity contribution in [1.29, 1.82) is 0 Å². The van der Waals surface area contributed by atoms with Gasteiger partial charge in [0.25, 0.3) is 21.6 Å². The molecule has 170 valence electrons. The smallest absolute Gasteiger partial charge is 0.283 e. The molecule has 0 radical (unpaired) electrons. The van der Waals surface area contributed by atoms with E-state index >= 15 is 0 Å². The molecule has 3 aromatic rings. The van der Waals surface area contributed by atoms with Crippen molar-refractivity contribution in [2.45, 2.75) is 21.6 Å². The molecule has 2 amide bonds. The lowest BCUT2D eigenvalue weighted by molar-refractivity contribution is -0.387. The van der Waals surface area contributed by atoms with Crippen molar-refractivity contribution in [2.75, 3.05) is 5.32 Å². The van der Waals surface area contributed by atoms with Crippen LogP contribution in [0.15, 0.2) is 87.5 Å². The summed E-state index contributed by atoms with van der Waals surface area (Å²) >= 11 is 0. The van der Waals surface area contributed by atoms with Gasteiger partial charge in [-0.05, 0) is 53.3 Å². The van der Waals surface area contributed by atoms with E-state index in [4.69, 9.17) is 0 Å². The van der Waals surface area contributed by atoms with E-state index in [1.807, 2.05) is 4.72 Å². The van der Waals surface area contributed by atoms with Crippen LogP contribution in [0.25, 0.3) is 0 Å². The van der Waals surface area contributed by atoms with Crippen molar-refractivity contribution in [3.8, 4) is 0 Å². The average Bonchev–Trinajstić information content (AvgIpc) is 2.77. The van der Waals surface area contributed by atoms with Crippen LogP contribution < -0.4 is 10.0 Å². The molecule has 0 atom stereocenters. The molecule has 0 fully saturated rings. The fourth-order valence-corrected chi connectivity index (χ4v) is 5.97. The predicted octanol–water partition coefficient (Wildman–Crippen LogP) is 4.47. The summed E-state index contributed by atoms with van der Waals surface area (Å²) in [6.07, 6.45) is 0. The van der Waals surface area contributed by atoms with E-state index in [1.54, 1.807) is 42.5 Å². The van der Waals surface area contributed by atoms with Gasteiger partial charge in [0.05, 0.1) is 20.3 Å². The Hall–Kier alpha value is -3.35. The highest BCUT2D eigenvalue weighted by Gasteiger charge is 2.18. The minimum Gasteiger partial charge on any atom is -0.322 e. The number of hydrogen-bond donors (Lipinski definition) is 2. The van der Waals surface area contributed by atoms with Crippen molar-refractivity contribution < 1.29 is 22.9 Å². The van der Waals surface area contributed by atoms with Crippen molar-refractivity contribution in [1.82, 2.24) is 4.72 Å². The third kappa shape index (κ3) is 6.34. The zero-order valence-corrected chi connectivity index (χ0v) is 19.5. The molecule has 0 heterocycles. The second kappa shape index (κ2) is 10.5. The number of anilines is 1. The van der Waals surface area contributed by atoms with E-state index in [1.165, 1.54) is 51.9 Å². The number of amides is 2. The second-order valence-corrected chi connectivity index (χ2v) is 10.4. The molecule has 0 saturated heterocycles. The van der Waals surface area contributed by atoms with Crippen LogP contribution in [0, 0.1) is 10.1 Å². The van der Waals surface area contributed by atoms with E-state index < -0.39 is 26.8 Å². The van der Waals surface area contributed by atoms with Gasteiger partial charge in [-0.2, -0.15) is 0 Å². The molecule has 3 rings (SSSR count). The van der Waals surface area contributed by atoms with Crippen LogP contribution in [-0.4, -0.2) is 25.2 Å². The molecule has 2 N–H and O–H groups in total. The molecule has 0 saturated carbocycles. The molecule has 9 nitrogen and oxygen atoms in total. The number of para-hydroxylation sites is 1. The second-order valence-electron chi connectivity index (χ2n) is 6.53. The fraction of sp³-hybridized carbons (Fsp3) is 0.0476. The van der Waals surface area contributed by atoms with Gasteiger partial charge in [0.15, 0.2) is 0 Å². The normalized spacial score (nSPS) is 10.9. The molecule has 0 spiro atoms. The Labute approximate surface area is 197 Å². The highest BCUT2D eigenvalue weighted by molar-refractivity contribution is 8.76. The maximum Gasteiger partial charge on any atom is 0.283 e. The van der Waals surface area contributed by atoms with Gasteiger partial charge in [-0.1, -0.05) is 35.1 Å². The Kier molecular flexibility index (Phi) is 7.74. The lowest BCUT2D eigenvalue weighted by atomic mass is 10.2. The summed E-state index contributed by atoms with van der Waals surface area (Å²) in [6.45, 7) is 1.09. The third-order valence-electron chi connectivity index (χ3n) is 4.12. The molecule has 0 unspecified atom stereocenters. The Morgan fingerprint density at radius 1 is 0.879 bits per heavy atom. The topological polar surface area (TPSA) is 135 Å². The number of carbonyl (C=O) groups is 2. The standard InChI is InChI=1S/C21H17N3O6S3/c1-14(25)23-33(29,30)16-12-10-15(11-13-16)22-21(26)17-6-2-4-8-19(17)31-32-20-9-5-3-7-18(20)24(27)28/h2-13H,1H3,(H,22,26)(H,23,25). The number of rotatable bonds is 8. The Morgan fingerprint density at radius 2 is 1.45 bits per heavy atom. The van der Waals surface area contributed by atoms with Gasteiger partial charge in [-0.3, -0.25) is 19.7 Å². The van der Waals surface area contributed by atoms with Crippen molar-refractivity contribution in [3.05, 3.63) is 88.5 Å². The van der Waals surface area contributed by atoms with Gasteiger partial charge in [-0.15, -0.1) is 0 Å². The number of nitro benzene ring substituents is 1. The van der Waals surface area contributed by atoms with E-state index in [2.05, 4.69) is 5.32 Å². The van der Waals surface area contributed by atoms with Gasteiger partial charge >= 0.3 is 0 Å². The first-order valence-electron chi connectivity index (χ1n) is 9.29. The summed E-state index contributed by atoms with van der Waals surface area (Å²) in [4.78, 5) is 35.6. The number of nitrogens with one attached hydrogen (secondary N) is 2. The fourth-order valence-electron chi connectivity index (χ4n) is 2.66. The summed E-state index contributed by atoms with van der Waals surface area (Å²) in [6, 6.07) is 18.5. The van der Waals surface area contributed by atoms with Crippen molar-refractivity contribution in [2.24, 2.45) is 0 Å².